The van der Waals surface area contributed by atoms with Crippen molar-refractivity contribution in [1.82, 2.24) is 10.6 Å². The number of rotatable bonds is 8. The van der Waals surface area contributed by atoms with Gasteiger partial charge >= 0.3 is 6.03 Å². The third-order valence-electron chi connectivity index (χ3n) is 4.33. The third kappa shape index (κ3) is 4.66. The second kappa shape index (κ2) is 7.70. The number of carbonyl (C=O) groups excluding carboxylic acids is 1. The van der Waals surface area contributed by atoms with Crippen molar-refractivity contribution in [3.63, 3.8) is 0 Å². The minimum Gasteiger partial charge on any atom is -0.391 e. The summed E-state index contributed by atoms with van der Waals surface area (Å²) in [6, 6.07) is -0.228. The molecular weight excluding hydrogens is 244 g/mol. The Hall–Kier alpha value is -0.810. The van der Waals surface area contributed by atoms with Crippen LogP contribution >= 0.6 is 0 Å². The second-order valence-corrected chi connectivity index (χ2v) is 5.45. The smallest absolute Gasteiger partial charge is 0.314 e. The largest absolute Gasteiger partial charge is 0.391 e. The standard InChI is InChI=1S/C14H28N2O3/c1-4-11(5-2)12(17)9-15-13(18)16-10-14(19-3)7-6-8-14/h11-12,17H,4-10H2,1-3H3,(H2,15,16,18). The molecule has 1 aliphatic carbocycles. The third-order valence-corrected chi connectivity index (χ3v) is 4.33. The van der Waals surface area contributed by atoms with Crippen molar-refractivity contribution >= 4 is 6.03 Å². The average molecular weight is 272 g/mol. The maximum atomic E-state index is 11.7. The predicted molar refractivity (Wildman–Crippen MR) is 75.1 cm³/mol. The van der Waals surface area contributed by atoms with Crippen molar-refractivity contribution in [3.8, 4) is 0 Å². The molecule has 5 nitrogen and oxygen atoms in total. The molecule has 0 aliphatic heterocycles. The van der Waals surface area contributed by atoms with E-state index in [2.05, 4.69) is 24.5 Å². The molecule has 0 radical (unpaired) electrons. The highest BCUT2D eigenvalue weighted by Gasteiger charge is 2.37. The van der Waals surface area contributed by atoms with E-state index in [0.717, 1.165) is 32.1 Å². The summed E-state index contributed by atoms with van der Waals surface area (Å²) in [4.78, 5) is 11.7. The molecule has 0 bridgehead atoms. The van der Waals surface area contributed by atoms with E-state index in [9.17, 15) is 9.90 Å². The zero-order chi connectivity index (χ0) is 14.3. The first-order valence-electron chi connectivity index (χ1n) is 7.31. The molecule has 3 N–H and O–H groups in total. The van der Waals surface area contributed by atoms with E-state index >= 15 is 0 Å². The normalized spacial score (nSPS) is 18.8. The van der Waals surface area contributed by atoms with Crippen LogP contribution in [0.4, 0.5) is 4.79 Å². The molecule has 0 saturated heterocycles. The topological polar surface area (TPSA) is 70.6 Å². The molecule has 19 heavy (non-hydrogen) atoms. The molecule has 2 amide bonds. The lowest BCUT2D eigenvalue weighted by Crippen LogP contribution is -2.52. The molecule has 1 saturated carbocycles. The van der Waals surface area contributed by atoms with Gasteiger partial charge in [0.15, 0.2) is 0 Å². The van der Waals surface area contributed by atoms with E-state index in [1.54, 1.807) is 7.11 Å². The fraction of sp³-hybridized carbons (Fsp3) is 0.929. The molecule has 1 aliphatic rings. The van der Waals surface area contributed by atoms with Crippen LogP contribution in [0.15, 0.2) is 0 Å². The summed E-state index contributed by atoms with van der Waals surface area (Å²) in [5.74, 6) is 0.247. The summed E-state index contributed by atoms with van der Waals surface area (Å²) in [6.45, 7) is 4.95. The highest BCUT2D eigenvalue weighted by molar-refractivity contribution is 5.73. The highest BCUT2D eigenvalue weighted by atomic mass is 16.5. The van der Waals surface area contributed by atoms with Crippen LogP contribution in [0.2, 0.25) is 0 Å². The van der Waals surface area contributed by atoms with E-state index in [0.29, 0.717) is 13.1 Å². The van der Waals surface area contributed by atoms with Gasteiger partial charge < -0.3 is 20.5 Å². The summed E-state index contributed by atoms with van der Waals surface area (Å²) in [6.07, 6.45) is 4.53. The second-order valence-electron chi connectivity index (χ2n) is 5.45. The van der Waals surface area contributed by atoms with Gasteiger partial charge in [0.1, 0.15) is 0 Å². The lowest BCUT2D eigenvalue weighted by Gasteiger charge is -2.40. The van der Waals surface area contributed by atoms with Gasteiger partial charge in [-0.15, -0.1) is 0 Å². The first-order chi connectivity index (χ1) is 9.06. The van der Waals surface area contributed by atoms with Crippen LogP contribution in [-0.2, 0) is 4.74 Å². The Bertz CT molecular complexity index is 270. The number of amides is 2. The van der Waals surface area contributed by atoms with Crippen LogP contribution in [0, 0.1) is 5.92 Å². The summed E-state index contributed by atoms with van der Waals surface area (Å²) in [5.41, 5.74) is -0.161. The maximum absolute atomic E-state index is 11.7. The van der Waals surface area contributed by atoms with Crippen molar-refractivity contribution < 1.29 is 14.6 Å². The van der Waals surface area contributed by atoms with Gasteiger partial charge in [0.2, 0.25) is 0 Å². The molecule has 0 spiro atoms. The van der Waals surface area contributed by atoms with Gasteiger partial charge in [-0.1, -0.05) is 26.7 Å². The van der Waals surface area contributed by atoms with Gasteiger partial charge in [0.05, 0.1) is 11.7 Å². The number of aliphatic hydroxyl groups excluding tert-OH is 1. The van der Waals surface area contributed by atoms with E-state index < -0.39 is 6.10 Å². The molecule has 1 atom stereocenters. The molecule has 1 unspecified atom stereocenters. The summed E-state index contributed by atoms with van der Waals surface area (Å²) < 4.78 is 5.43. The first kappa shape index (κ1) is 16.2. The van der Waals surface area contributed by atoms with Crippen LogP contribution < -0.4 is 10.6 Å². The summed E-state index contributed by atoms with van der Waals surface area (Å²) >= 11 is 0. The number of nitrogens with one attached hydrogen (secondary N) is 2. The monoisotopic (exact) mass is 272 g/mol. The fourth-order valence-electron chi connectivity index (χ4n) is 2.52. The predicted octanol–water partition coefficient (Wildman–Crippen LogP) is 1.65. The molecule has 0 heterocycles. The van der Waals surface area contributed by atoms with E-state index in [1.165, 1.54) is 0 Å². The Balaban J connectivity index is 2.20. The van der Waals surface area contributed by atoms with Crippen LogP contribution in [0.25, 0.3) is 0 Å². The molecule has 5 heteroatoms. The first-order valence-corrected chi connectivity index (χ1v) is 7.31. The van der Waals surface area contributed by atoms with Crippen molar-refractivity contribution in [3.05, 3.63) is 0 Å². The number of methoxy groups -OCH3 is 1. The van der Waals surface area contributed by atoms with Gasteiger partial charge in [0.25, 0.3) is 0 Å². The highest BCUT2D eigenvalue weighted by Crippen LogP contribution is 2.34. The number of carbonyl (C=O) groups is 1. The number of urea groups is 1. The van der Waals surface area contributed by atoms with Gasteiger partial charge in [-0.2, -0.15) is 0 Å². The molecule has 0 aromatic heterocycles. The molecule has 112 valence electrons. The number of ether oxygens (including phenoxy) is 1. The number of aliphatic hydroxyl groups is 1. The molecule has 0 aromatic rings. The molecule has 1 fully saturated rings. The van der Waals surface area contributed by atoms with E-state index in [-0.39, 0.29) is 17.6 Å². The minimum atomic E-state index is -0.471. The van der Waals surface area contributed by atoms with Crippen molar-refractivity contribution in [2.45, 2.75) is 57.7 Å². The van der Waals surface area contributed by atoms with Crippen LogP contribution in [0.1, 0.15) is 46.0 Å². The maximum Gasteiger partial charge on any atom is 0.314 e. The molecule has 1 rings (SSSR count). The van der Waals surface area contributed by atoms with E-state index in [1.807, 2.05) is 0 Å². The zero-order valence-corrected chi connectivity index (χ0v) is 12.4. The number of hydrogen-bond donors (Lipinski definition) is 3. The lowest BCUT2D eigenvalue weighted by atomic mass is 9.80. The van der Waals surface area contributed by atoms with Crippen LogP contribution in [0.5, 0.6) is 0 Å². The Kier molecular flexibility index (Phi) is 6.58. The van der Waals surface area contributed by atoms with Crippen molar-refractivity contribution in [2.24, 2.45) is 5.92 Å². The van der Waals surface area contributed by atoms with Gasteiger partial charge in [0, 0.05) is 20.2 Å². The zero-order valence-electron chi connectivity index (χ0n) is 12.4. The quantitative estimate of drug-likeness (QED) is 0.629. The Labute approximate surface area is 116 Å². The average Bonchev–Trinajstić information content (AvgIpc) is 2.37. The van der Waals surface area contributed by atoms with Crippen LogP contribution in [-0.4, -0.2) is 43.0 Å². The Morgan fingerprint density at radius 1 is 1.32 bits per heavy atom. The number of hydrogen-bond acceptors (Lipinski definition) is 3. The molecular formula is C14H28N2O3. The summed E-state index contributed by atoms with van der Waals surface area (Å²) in [7, 11) is 1.69. The van der Waals surface area contributed by atoms with Gasteiger partial charge in [-0.05, 0) is 25.2 Å². The molecule has 0 aromatic carbocycles. The SMILES string of the molecule is CCC(CC)C(O)CNC(=O)NCC1(OC)CCC1. The summed E-state index contributed by atoms with van der Waals surface area (Å²) in [5, 5.41) is 15.5. The fourth-order valence-corrected chi connectivity index (χ4v) is 2.52. The van der Waals surface area contributed by atoms with Gasteiger partial charge in [-0.25, -0.2) is 4.79 Å². The van der Waals surface area contributed by atoms with Gasteiger partial charge in [-0.3, -0.25) is 0 Å². The van der Waals surface area contributed by atoms with E-state index in [4.69, 9.17) is 4.74 Å². The van der Waals surface area contributed by atoms with Crippen LogP contribution in [0.3, 0.4) is 0 Å². The van der Waals surface area contributed by atoms with Crippen molar-refractivity contribution in [1.29, 1.82) is 0 Å². The lowest BCUT2D eigenvalue weighted by molar-refractivity contribution is -0.0674. The minimum absolute atomic E-state index is 0.161. The Morgan fingerprint density at radius 3 is 2.37 bits per heavy atom. The van der Waals surface area contributed by atoms with Crippen molar-refractivity contribution in [2.75, 3.05) is 20.2 Å². The Morgan fingerprint density at radius 2 is 1.95 bits per heavy atom.